The van der Waals surface area contributed by atoms with Crippen LogP contribution in [0.5, 0.6) is 17.2 Å². The standard InChI is InChI=1S/C36H37N5O7/c1-5-30-21(2)11-28(35(44)40(30)3)36(45)41-18-29-32(19-41)48-27-10-9-23(31(14-27)46-4)17-38-33(42)20-47-26-8-6-7-22(13-26)24-12-25(16-37-15-24)34(43)39-29/h6-16,29,32H,5,17-20H2,1-4H3,(H,38,42)(H,39,43)/t29-,32-/m0/s1. The molecule has 3 amide bonds. The van der Waals surface area contributed by atoms with Crippen molar-refractivity contribution in [3.05, 3.63) is 105 Å². The van der Waals surface area contributed by atoms with Gasteiger partial charge >= 0.3 is 0 Å². The minimum Gasteiger partial charge on any atom is -0.496 e. The van der Waals surface area contributed by atoms with Crippen molar-refractivity contribution in [2.45, 2.75) is 39.0 Å². The van der Waals surface area contributed by atoms with E-state index in [9.17, 15) is 19.2 Å². The Hall–Kier alpha value is -5.65. The Morgan fingerprint density at radius 1 is 1.00 bits per heavy atom. The summed E-state index contributed by atoms with van der Waals surface area (Å²) in [5.74, 6) is 0.262. The van der Waals surface area contributed by atoms with Gasteiger partial charge in [-0.25, -0.2) is 0 Å². The number of rotatable bonds is 3. The summed E-state index contributed by atoms with van der Waals surface area (Å²) in [5.41, 5.74) is 3.85. The molecule has 1 fully saturated rings. The van der Waals surface area contributed by atoms with Crippen molar-refractivity contribution in [3.8, 4) is 28.4 Å². The fourth-order valence-electron chi connectivity index (χ4n) is 6.22. The van der Waals surface area contributed by atoms with Crippen LogP contribution in [-0.4, -0.2) is 71.1 Å². The summed E-state index contributed by atoms with van der Waals surface area (Å²) in [6, 6.07) is 15.1. The Bertz CT molecular complexity index is 1960. The molecule has 7 rings (SSSR count). The molecule has 3 aliphatic heterocycles. The SMILES string of the molecule is CCc1c(C)cc(C(=O)N2C[C@@H]3NC(=O)c4cncc(c4)-c4cccc(c4)OCC(=O)NCc4ccc(cc4OC)O[C@H]3C2)c(=O)n1C. The van der Waals surface area contributed by atoms with Crippen LogP contribution in [-0.2, 0) is 24.8 Å². The average molecular weight is 652 g/mol. The molecule has 12 nitrogen and oxygen atoms in total. The van der Waals surface area contributed by atoms with Crippen LogP contribution in [0.15, 0.2) is 71.8 Å². The largest absolute Gasteiger partial charge is 0.496 e. The molecule has 5 heterocycles. The molecular weight excluding hydrogens is 614 g/mol. The second kappa shape index (κ2) is 13.6. The zero-order chi connectivity index (χ0) is 33.9. The van der Waals surface area contributed by atoms with Crippen molar-refractivity contribution in [3.63, 3.8) is 0 Å². The van der Waals surface area contributed by atoms with E-state index in [4.69, 9.17) is 14.2 Å². The number of likely N-dealkylation sites (tertiary alicyclic amines) is 1. The highest BCUT2D eigenvalue weighted by Crippen LogP contribution is 2.29. The summed E-state index contributed by atoms with van der Waals surface area (Å²) in [6.45, 7) is 4.07. The number of pyridine rings is 2. The number of ether oxygens (including phenoxy) is 3. The Balaban J connectivity index is 1.36. The number of amides is 3. The monoisotopic (exact) mass is 651 g/mol. The van der Waals surface area contributed by atoms with Crippen molar-refractivity contribution >= 4 is 17.7 Å². The fourth-order valence-corrected chi connectivity index (χ4v) is 6.22. The van der Waals surface area contributed by atoms with Gasteiger partial charge in [0, 0.05) is 55.4 Å². The zero-order valence-corrected chi connectivity index (χ0v) is 27.2. The third-order valence-corrected chi connectivity index (χ3v) is 8.75. The molecule has 2 aromatic heterocycles. The third-order valence-electron chi connectivity index (χ3n) is 8.75. The predicted molar refractivity (Wildman–Crippen MR) is 177 cm³/mol. The average Bonchev–Trinajstić information content (AvgIpc) is 3.49. The number of benzene rings is 2. The summed E-state index contributed by atoms with van der Waals surface area (Å²) in [4.78, 5) is 59.2. The summed E-state index contributed by atoms with van der Waals surface area (Å²) >= 11 is 0. The highest BCUT2D eigenvalue weighted by atomic mass is 16.5. The molecule has 4 aromatic rings. The van der Waals surface area contributed by atoms with E-state index in [-0.39, 0.29) is 43.3 Å². The Kier molecular flexibility index (Phi) is 9.15. The number of nitrogens with one attached hydrogen (secondary N) is 2. The van der Waals surface area contributed by atoms with E-state index >= 15 is 0 Å². The van der Waals surface area contributed by atoms with Crippen LogP contribution in [0.25, 0.3) is 11.1 Å². The predicted octanol–water partition coefficient (Wildman–Crippen LogP) is 3.04. The number of methoxy groups -OCH3 is 1. The van der Waals surface area contributed by atoms with Crippen LogP contribution >= 0.6 is 0 Å². The maximum absolute atomic E-state index is 13.8. The second-order valence-electron chi connectivity index (χ2n) is 11.9. The first-order valence-corrected chi connectivity index (χ1v) is 15.7. The van der Waals surface area contributed by atoms with Crippen molar-refractivity contribution in [1.29, 1.82) is 0 Å². The molecule has 12 heteroatoms. The van der Waals surface area contributed by atoms with Gasteiger partial charge in [-0.05, 0) is 60.9 Å². The van der Waals surface area contributed by atoms with E-state index in [1.54, 1.807) is 61.8 Å². The Morgan fingerprint density at radius 3 is 2.60 bits per heavy atom. The van der Waals surface area contributed by atoms with Gasteiger partial charge in [0.05, 0.1) is 25.3 Å². The molecule has 1 saturated heterocycles. The molecule has 0 aliphatic carbocycles. The summed E-state index contributed by atoms with van der Waals surface area (Å²) in [6.07, 6.45) is 3.10. The van der Waals surface area contributed by atoms with E-state index in [1.807, 2.05) is 19.9 Å². The number of hydrogen-bond acceptors (Lipinski definition) is 8. The van der Waals surface area contributed by atoms with Gasteiger partial charge in [0.25, 0.3) is 23.3 Å². The zero-order valence-electron chi connectivity index (χ0n) is 27.2. The number of fused-ring (bicyclic) bond motifs is 7. The first kappa shape index (κ1) is 32.3. The van der Waals surface area contributed by atoms with Gasteiger partial charge in [-0.3, -0.25) is 24.2 Å². The lowest BCUT2D eigenvalue weighted by Gasteiger charge is -2.22. The van der Waals surface area contributed by atoms with Gasteiger partial charge < -0.3 is 34.3 Å². The van der Waals surface area contributed by atoms with Crippen molar-refractivity contribution in [2.24, 2.45) is 7.05 Å². The molecule has 0 unspecified atom stereocenters. The van der Waals surface area contributed by atoms with Gasteiger partial charge in [-0.2, -0.15) is 0 Å². The van der Waals surface area contributed by atoms with Crippen LogP contribution < -0.4 is 30.4 Å². The Labute approximate surface area is 277 Å². The first-order chi connectivity index (χ1) is 23.1. The molecule has 2 atom stereocenters. The fraction of sp³-hybridized carbons (Fsp3) is 0.306. The normalized spacial score (nSPS) is 17.8. The third kappa shape index (κ3) is 6.59. The lowest BCUT2D eigenvalue weighted by atomic mass is 10.1. The maximum atomic E-state index is 13.8. The molecule has 0 radical (unpaired) electrons. The number of hydrogen-bond donors (Lipinski definition) is 2. The molecule has 3 aliphatic rings. The molecule has 2 N–H and O–H groups in total. The van der Waals surface area contributed by atoms with Crippen molar-refractivity contribution in [2.75, 3.05) is 26.8 Å². The van der Waals surface area contributed by atoms with E-state index < -0.39 is 24.0 Å². The lowest BCUT2D eigenvalue weighted by molar-refractivity contribution is -0.123. The van der Waals surface area contributed by atoms with E-state index in [1.165, 1.54) is 22.8 Å². The molecule has 6 bridgehead atoms. The van der Waals surface area contributed by atoms with Crippen molar-refractivity contribution < 1.29 is 28.6 Å². The minimum atomic E-state index is -0.663. The van der Waals surface area contributed by atoms with E-state index in [2.05, 4.69) is 15.6 Å². The maximum Gasteiger partial charge on any atom is 0.263 e. The van der Waals surface area contributed by atoms with Crippen LogP contribution in [0, 0.1) is 6.92 Å². The minimum absolute atomic E-state index is 0.0615. The van der Waals surface area contributed by atoms with E-state index in [0.717, 1.165) is 22.4 Å². The van der Waals surface area contributed by atoms with Gasteiger partial charge in [-0.15, -0.1) is 0 Å². The summed E-state index contributed by atoms with van der Waals surface area (Å²) in [7, 11) is 3.19. The number of carbonyl (C=O) groups is 3. The second-order valence-corrected chi connectivity index (χ2v) is 11.9. The Morgan fingerprint density at radius 2 is 1.81 bits per heavy atom. The quantitative estimate of drug-likeness (QED) is 0.345. The molecular formula is C36H37N5O7. The molecule has 248 valence electrons. The van der Waals surface area contributed by atoms with Crippen LogP contribution in [0.3, 0.4) is 0 Å². The molecule has 2 aromatic carbocycles. The molecule has 0 saturated carbocycles. The van der Waals surface area contributed by atoms with Gasteiger partial charge in [0.2, 0.25) is 0 Å². The number of aryl methyl sites for hydroxylation is 1. The van der Waals surface area contributed by atoms with Gasteiger partial charge in [0.1, 0.15) is 28.9 Å². The van der Waals surface area contributed by atoms with Crippen LogP contribution in [0.2, 0.25) is 0 Å². The number of aromatic nitrogens is 2. The lowest BCUT2D eigenvalue weighted by Crippen LogP contribution is -2.45. The smallest absolute Gasteiger partial charge is 0.263 e. The topological polar surface area (TPSA) is 141 Å². The van der Waals surface area contributed by atoms with Crippen LogP contribution in [0.4, 0.5) is 0 Å². The summed E-state index contributed by atoms with van der Waals surface area (Å²) < 4.78 is 19.3. The van der Waals surface area contributed by atoms with Gasteiger partial charge in [-0.1, -0.05) is 19.1 Å². The number of nitrogens with zero attached hydrogens (tertiary/aromatic N) is 3. The summed E-state index contributed by atoms with van der Waals surface area (Å²) in [5, 5.41) is 5.90. The number of carbonyl (C=O) groups excluding carboxylic acids is 3. The van der Waals surface area contributed by atoms with E-state index in [0.29, 0.717) is 34.8 Å². The first-order valence-electron chi connectivity index (χ1n) is 15.7. The highest BCUT2D eigenvalue weighted by Gasteiger charge is 2.39. The van der Waals surface area contributed by atoms with Crippen LogP contribution in [0.1, 0.15) is 44.5 Å². The highest BCUT2D eigenvalue weighted by molar-refractivity contribution is 5.96. The van der Waals surface area contributed by atoms with Crippen molar-refractivity contribution in [1.82, 2.24) is 25.1 Å². The van der Waals surface area contributed by atoms with Gasteiger partial charge in [0.15, 0.2) is 6.61 Å². The molecule has 0 spiro atoms. The molecule has 48 heavy (non-hydrogen) atoms.